The first-order valence-corrected chi connectivity index (χ1v) is 6.44. The van der Waals surface area contributed by atoms with Crippen LogP contribution in [0.3, 0.4) is 0 Å². The van der Waals surface area contributed by atoms with Gasteiger partial charge in [0.25, 0.3) is 0 Å². The van der Waals surface area contributed by atoms with Crippen molar-refractivity contribution in [2.45, 2.75) is 40.5 Å². The van der Waals surface area contributed by atoms with Gasteiger partial charge < -0.3 is 0 Å². The van der Waals surface area contributed by atoms with Crippen molar-refractivity contribution in [2.75, 3.05) is 0 Å². The van der Waals surface area contributed by atoms with Gasteiger partial charge in [-0.2, -0.15) is 9.94 Å². The SMILES string of the molecule is CCc1nc(CC)n(-c2nc(C)cc(C)c2C#N)n1. The number of rotatable bonds is 3. The predicted octanol–water partition coefficient (Wildman–Crippen LogP) is 2.28. The Morgan fingerprint density at radius 3 is 2.53 bits per heavy atom. The molecule has 19 heavy (non-hydrogen) atoms. The van der Waals surface area contributed by atoms with E-state index in [1.807, 2.05) is 33.8 Å². The second-order valence-electron chi connectivity index (χ2n) is 4.45. The fourth-order valence-corrected chi connectivity index (χ4v) is 2.05. The lowest BCUT2D eigenvalue weighted by Gasteiger charge is -2.08. The highest BCUT2D eigenvalue weighted by atomic mass is 15.4. The average Bonchev–Trinajstić information content (AvgIpc) is 2.81. The molecule has 0 saturated heterocycles. The Kier molecular flexibility index (Phi) is 3.61. The van der Waals surface area contributed by atoms with Gasteiger partial charge in [-0.05, 0) is 25.5 Å². The standard InChI is InChI=1S/C14H17N5/c1-5-12-17-13(6-2)19(18-12)14-11(8-15)9(3)7-10(4)16-14/h7H,5-6H2,1-4H3. The molecule has 0 N–H and O–H groups in total. The molecule has 0 aromatic carbocycles. The van der Waals surface area contributed by atoms with E-state index in [2.05, 4.69) is 21.1 Å². The lowest BCUT2D eigenvalue weighted by atomic mass is 10.1. The first-order valence-electron chi connectivity index (χ1n) is 6.44. The molecule has 2 aromatic rings. The van der Waals surface area contributed by atoms with E-state index in [0.717, 1.165) is 35.7 Å². The van der Waals surface area contributed by atoms with E-state index >= 15 is 0 Å². The van der Waals surface area contributed by atoms with Gasteiger partial charge in [0.1, 0.15) is 11.9 Å². The van der Waals surface area contributed by atoms with Gasteiger partial charge in [-0.25, -0.2) is 9.97 Å². The predicted molar refractivity (Wildman–Crippen MR) is 72.1 cm³/mol. The molecule has 0 unspecified atom stereocenters. The van der Waals surface area contributed by atoms with Crippen molar-refractivity contribution in [3.63, 3.8) is 0 Å². The zero-order valence-electron chi connectivity index (χ0n) is 11.7. The van der Waals surface area contributed by atoms with Crippen molar-refractivity contribution in [3.05, 3.63) is 34.5 Å². The second-order valence-corrected chi connectivity index (χ2v) is 4.45. The van der Waals surface area contributed by atoms with Crippen molar-refractivity contribution in [1.29, 1.82) is 5.26 Å². The number of pyridine rings is 1. The van der Waals surface area contributed by atoms with Crippen LogP contribution in [0.2, 0.25) is 0 Å². The van der Waals surface area contributed by atoms with Crippen molar-refractivity contribution in [2.24, 2.45) is 0 Å². The summed E-state index contributed by atoms with van der Waals surface area (Å²) in [6, 6.07) is 4.13. The highest BCUT2D eigenvalue weighted by molar-refractivity contribution is 5.49. The lowest BCUT2D eigenvalue weighted by molar-refractivity contribution is 0.762. The molecule has 0 bridgehead atoms. The quantitative estimate of drug-likeness (QED) is 0.843. The Labute approximate surface area is 112 Å². The molecule has 5 nitrogen and oxygen atoms in total. The summed E-state index contributed by atoms with van der Waals surface area (Å²) in [7, 11) is 0. The van der Waals surface area contributed by atoms with E-state index in [0.29, 0.717) is 11.4 Å². The average molecular weight is 255 g/mol. The molecule has 0 atom stereocenters. The summed E-state index contributed by atoms with van der Waals surface area (Å²) >= 11 is 0. The molecular weight excluding hydrogens is 238 g/mol. The van der Waals surface area contributed by atoms with Gasteiger partial charge in [0, 0.05) is 18.5 Å². The molecule has 2 rings (SSSR count). The van der Waals surface area contributed by atoms with E-state index < -0.39 is 0 Å². The molecule has 0 saturated carbocycles. The fourth-order valence-electron chi connectivity index (χ4n) is 2.05. The van der Waals surface area contributed by atoms with Gasteiger partial charge in [-0.3, -0.25) is 0 Å². The molecule has 0 fully saturated rings. The number of aryl methyl sites for hydroxylation is 4. The first-order chi connectivity index (χ1) is 9.10. The third-order valence-corrected chi connectivity index (χ3v) is 2.99. The molecule has 98 valence electrons. The normalized spacial score (nSPS) is 10.5. The molecule has 0 aliphatic rings. The summed E-state index contributed by atoms with van der Waals surface area (Å²) < 4.78 is 1.71. The molecule has 0 radical (unpaired) electrons. The molecule has 0 aliphatic heterocycles. The van der Waals surface area contributed by atoms with Crippen LogP contribution in [0.15, 0.2) is 6.07 Å². The summed E-state index contributed by atoms with van der Waals surface area (Å²) in [6.45, 7) is 7.87. The summed E-state index contributed by atoms with van der Waals surface area (Å²) in [5.74, 6) is 2.21. The summed E-state index contributed by atoms with van der Waals surface area (Å²) in [5.41, 5.74) is 2.36. The van der Waals surface area contributed by atoms with Crippen molar-refractivity contribution in [3.8, 4) is 11.9 Å². The van der Waals surface area contributed by atoms with Crippen LogP contribution in [-0.2, 0) is 12.8 Å². The Morgan fingerprint density at radius 2 is 1.95 bits per heavy atom. The minimum Gasteiger partial charge on any atom is -0.233 e. The van der Waals surface area contributed by atoms with Gasteiger partial charge in [0.15, 0.2) is 11.6 Å². The van der Waals surface area contributed by atoms with Crippen LogP contribution in [0.5, 0.6) is 0 Å². The fraction of sp³-hybridized carbons (Fsp3) is 0.429. The van der Waals surface area contributed by atoms with Crippen LogP contribution in [-0.4, -0.2) is 19.7 Å². The minimum atomic E-state index is 0.563. The maximum Gasteiger partial charge on any atom is 0.173 e. The van der Waals surface area contributed by atoms with E-state index in [-0.39, 0.29) is 0 Å². The van der Waals surface area contributed by atoms with E-state index in [1.54, 1.807) is 4.68 Å². The lowest BCUT2D eigenvalue weighted by Crippen LogP contribution is -2.09. The van der Waals surface area contributed by atoms with Gasteiger partial charge in [-0.1, -0.05) is 13.8 Å². The minimum absolute atomic E-state index is 0.563. The second kappa shape index (κ2) is 5.19. The van der Waals surface area contributed by atoms with E-state index in [1.165, 1.54) is 0 Å². The Morgan fingerprint density at radius 1 is 1.21 bits per heavy atom. The highest BCUT2D eigenvalue weighted by Crippen LogP contribution is 2.18. The Hall–Kier alpha value is -2.22. The number of nitriles is 1. The van der Waals surface area contributed by atoms with Crippen LogP contribution in [0.4, 0.5) is 0 Å². The summed E-state index contributed by atoms with van der Waals surface area (Å²) in [6.07, 6.45) is 1.53. The number of hydrogen-bond donors (Lipinski definition) is 0. The van der Waals surface area contributed by atoms with Gasteiger partial charge in [-0.15, -0.1) is 5.10 Å². The van der Waals surface area contributed by atoms with Crippen LogP contribution in [0.25, 0.3) is 5.82 Å². The number of aromatic nitrogens is 4. The van der Waals surface area contributed by atoms with Gasteiger partial charge in [0.05, 0.1) is 5.56 Å². The van der Waals surface area contributed by atoms with Crippen LogP contribution >= 0.6 is 0 Å². The smallest absolute Gasteiger partial charge is 0.173 e. The highest BCUT2D eigenvalue weighted by Gasteiger charge is 2.16. The molecule has 0 spiro atoms. The summed E-state index contributed by atoms with van der Waals surface area (Å²) in [5, 5.41) is 13.8. The monoisotopic (exact) mass is 255 g/mol. The van der Waals surface area contributed by atoms with Gasteiger partial charge >= 0.3 is 0 Å². The van der Waals surface area contributed by atoms with Crippen molar-refractivity contribution < 1.29 is 0 Å². The molecular formula is C14H17N5. The maximum absolute atomic E-state index is 9.33. The summed E-state index contributed by atoms with van der Waals surface area (Å²) in [4.78, 5) is 8.93. The third-order valence-electron chi connectivity index (χ3n) is 2.99. The van der Waals surface area contributed by atoms with Crippen molar-refractivity contribution >= 4 is 0 Å². The number of hydrogen-bond acceptors (Lipinski definition) is 4. The zero-order chi connectivity index (χ0) is 14.0. The van der Waals surface area contributed by atoms with Crippen molar-refractivity contribution in [1.82, 2.24) is 19.7 Å². The number of nitrogens with zero attached hydrogens (tertiary/aromatic N) is 5. The third kappa shape index (κ3) is 2.34. The van der Waals surface area contributed by atoms with E-state index in [9.17, 15) is 5.26 Å². The van der Waals surface area contributed by atoms with Crippen LogP contribution in [0.1, 0.15) is 42.3 Å². The molecule has 2 heterocycles. The Balaban J connectivity index is 2.71. The zero-order valence-corrected chi connectivity index (χ0v) is 11.7. The van der Waals surface area contributed by atoms with Crippen LogP contribution < -0.4 is 0 Å². The maximum atomic E-state index is 9.33. The van der Waals surface area contributed by atoms with Crippen LogP contribution in [0, 0.1) is 25.2 Å². The topological polar surface area (TPSA) is 67.4 Å². The Bertz CT molecular complexity index is 649. The molecule has 2 aromatic heterocycles. The first kappa shape index (κ1) is 13.2. The molecule has 5 heteroatoms. The largest absolute Gasteiger partial charge is 0.233 e. The van der Waals surface area contributed by atoms with E-state index in [4.69, 9.17) is 0 Å². The van der Waals surface area contributed by atoms with Gasteiger partial charge in [0.2, 0.25) is 0 Å². The molecule has 0 amide bonds. The molecule has 0 aliphatic carbocycles.